The molecule has 4 heteroatoms. The number of methoxy groups -OCH3 is 2. The molecule has 0 aromatic heterocycles. The van der Waals surface area contributed by atoms with Gasteiger partial charge in [0.05, 0.1) is 14.2 Å². The maximum absolute atomic E-state index is 12.4. The molecule has 2 aromatic carbocycles. The fourth-order valence-corrected chi connectivity index (χ4v) is 2.04. The zero-order valence-corrected chi connectivity index (χ0v) is 11.9. The van der Waals surface area contributed by atoms with Crippen LogP contribution < -0.4 is 9.47 Å². The molecule has 2 rings (SSSR count). The Morgan fingerprint density at radius 2 is 1.38 bits per heavy atom. The summed E-state index contributed by atoms with van der Waals surface area (Å²) in [5, 5.41) is 0. The molecule has 0 radical (unpaired) electrons. The van der Waals surface area contributed by atoms with Gasteiger partial charge in [0.2, 0.25) is 0 Å². The first-order valence-corrected chi connectivity index (χ1v) is 6.47. The lowest BCUT2D eigenvalue weighted by Gasteiger charge is -2.11. The molecule has 4 nitrogen and oxygen atoms in total. The summed E-state index contributed by atoms with van der Waals surface area (Å²) in [6, 6.07) is 13.6. The van der Waals surface area contributed by atoms with Crippen LogP contribution in [0.3, 0.4) is 0 Å². The van der Waals surface area contributed by atoms with Crippen LogP contribution in [0.1, 0.15) is 21.8 Å². The van der Waals surface area contributed by atoms with E-state index < -0.39 is 5.92 Å². The molecule has 0 bridgehead atoms. The molecule has 0 aliphatic heterocycles. The maximum Gasteiger partial charge on any atom is 0.177 e. The Kier molecular flexibility index (Phi) is 4.72. The number of hydrogen-bond acceptors (Lipinski definition) is 4. The van der Waals surface area contributed by atoms with Crippen molar-refractivity contribution in [2.24, 2.45) is 0 Å². The van der Waals surface area contributed by atoms with Crippen molar-refractivity contribution in [1.29, 1.82) is 0 Å². The molecule has 1 unspecified atom stereocenters. The van der Waals surface area contributed by atoms with Crippen molar-refractivity contribution in [3.8, 4) is 11.5 Å². The number of carbonyl (C=O) groups is 2. The summed E-state index contributed by atoms with van der Waals surface area (Å²) in [6.45, 7) is 0. The molecule has 0 spiro atoms. The third kappa shape index (κ3) is 3.28. The fraction of sp³-hybridized carbons (Fsp3) is 0.176. The molecular formula is C17H16O4. The van der Waals surface area contributed by atoms with Gasteiger partial charge in [-0.1, -0.05) is 12.1 Å². The third-order valence-electron chi connectivity index (χ3n) is 3.27. The van der Waals surface area contributed by atoms with Crippen LogP contribution in [0.5, 0.6) is 11.5 Å². The van der Waals surface area contributed by atoms with Crippen molar-refractivity contribution in [2.75, 3.05) is 14.2 Å². The average molecular weight is 284 g/mol. The quantitative estimate of drug-likeness (QED) is 0.465. The molecule has 108 valence electrons. The van der Waals surface area contributed by atoms with Gasteiger partial charge >= 0.3 is 0 Å². The molecule has 0 saturated carbocycles. The lowest BCUT2D eigenvalue weighted by molar-refractivity contribution is -0.108. The lowest BCUT2D eigenvalue weighted by Crippen LogP contribution is -2.14. The molecule has 21 heavy (non-hydrogen) atoms. The molecule has 0 aliphatic carbocycles. The predicted octanol–water partition coefficient (Wildman–Crippen LogP) is 2.87. The van der Waals surface area contributed by atoms with E-state index in [-0.39, 0.29) is 5.78 Å². The number of aldehydes is 1. The van der Waals surface area contributed by atoms with Crippen molar-refractivity contribution in [3.05, 3.63) is 59.7 Å². The average Bonchev–Trinajstić information content (AvgIpc) is 2.56. The van der Waals surface area contributed by atoms with E-state index in [1.165, 1.54) is 0 Å². The Balaban J connectivity index is 2.26. The lowest BCUT2D eigenvalue weighted by atomic mass is 9.92. The van der Waals surface area contributed by atoms with Gasteiger partial charge in [-0.3, -0.25) is 4.79 Å². The monoisotopic (exact) mass is 284 g/mol. The van der Waals surface area contributed by atoms with E-state index in [4.69, 9.17) is 9.47 Å². The van der Waals surface area contributed by atoms with Crippen molar-refractivity contribution in [3.63, 3.8) is 0 Å². The molecule has 0 amide bonds. The van der Waals surface area contributed by atoms with Crippen LogP contribution in [0.25, 0.3) is 0 Å². The van der Waals surface area contributed by atoms with E-state index >= 15 is 0 Å². The van der Waals surface area contributed by atoms with Gasteiger partial charge in [0.25, 0.3) is 0 Å². The molecule has 0 aliphatic rings. The number of hydrogen-bond donors (Lipinski definition) is 0. The maximum atomic E-state index is 12.4. The van der Waals surface area contributed by atoms with E-state index in [1.807, 2.05) is 0 Å². The number of ketones is 1. The Morgan fingerprint density at radius 1 is 0.905 bits per heavy atom. The Morgan fingerprint density at radius 3 is 1.81 bits per heavy atom. The minimum Gasteiger partial charge on any atom is -0.497 e. The van der Waals surface area contributed by atoms with Gasteiger partial charge in [-0.15, -0.1) is 0 Å². The summed E-state index contributed by atoms with van der Waals surface area (Å²) >= 11 is 0. The molecule has 2 aromatic rings. The molecule has 0 N–H and O–H groups in total. The van der Waals surface area contributed by atoms with Gasteiger partial charge < -0.3 is 14.3 Å². The summed E-state index contributed by atoms with van der Waals surface area (Å²) < 4.78 is 10.1. The van der Waals surface area contributed by atoms with E-state index in [9.17, 15) is 9.59 Å². The van der Waals surface area contributed by atoms with Gasteiger partial charge in [-0.25, -0.2) is 0 Å². The number of ether oxygens (including phenoxy) is 2. The largest absolute Gasteiger partial charge is 0.497 e. The Hall–Kier alpha value is -2.62. The highest BCUT2D eigenvalue weighted by Crippen LogP contribution is 2.23. The van der Waals surface area contributed by atoms with E-state index in [2.05, 4.69) is 0 Å². The summed E-state index contributed by atoms with van der Waals surface area (Å²) in [5.74, 6) is 0.293. The highest BCUT2D eigenvalue weighted by atomic mass is 16.5. The first-order chi connectivity index (χ1) is 10.2. The second kappa shape index (κ2) is 6.70. The zero-order valence-electron chi connectivity index (χ0n) is 11.9. The van der Waals surface area contributed by atoms with Crippen molar-refractivity contribution in [1.82, 2.24) is 0 Å². The van der Waals surface area contributed by atoms with Crippen LogP contribution in [0, 0.1) is 0 Å². The van der Waals surface area contributed by atoms with Crippen LogP contribution >= 0.6 is 0 Å². The minimum atomic E-state index is -0.815. The highest BCUT2D eigenvalue weighted by molar-refractivity contribution is 6.09. The van der Waals surface area contributed by atoms with Gasteiger partial charge in [0, 0.05) is 5.56 Å². The third-order valence-corrected chi connectivity index (χ3v) is 3.27. The fourth-order valence-electron chi connectivity index (χ4n) is 2.04. The Labute approximate surface area is 123 Å². The van der Waals surface area contributed by atoms with Gasteiger partial charge in [0.1, 0.15) is 23.7 Å². The smallest absolute Gasteiger partial charge is 0.177 e. The molecule has 0 heterocycles. The van der Waals surface area contributed by atoms with Crippen molar-refractivity contribution >= 4 is 12.1 Å². The summed E-state index contributed by atoms with van der Waals surface area (Å²) in [7, 11) is 3.12. The van der Waals surface area contributed by atoms with Crippen LogP contribution in [-0.4, -0.2) is 26.3 Å². The normalized spacial score (nSPS) is 11.5. The standard InChI is InChI=1S/C17H16O4/c1-20-14-7-3-12(4-8-14)16(11-18)17(19)13-5-9-15(21-2)10-6-13/h3-11,16H,1-2H3. The van der Waals surface area contributed by atoms with Crippen LogP contribution in [0.4, 0.5) is 0 Å². The molecule has 0 saturated heterocycles. The molecule has 1 atom stereocenters. The van der Waals surface area contributed by atoms with Gasteiger partial charge in [0.15, 0.2) is 5.78 Å². The zero-order chi connectivity index (χ0) is 15.2. The molecular weight excluding hydrogens is 268 g/mol. The van der Waals surface area contributed by atoms with Crippen LogP contribution in [0.15, 0.2) is 48.5 Å². The second-order valence-electron chi connectivity index (χ2n) is 4.48. The van der Waals surface area contributed by atoms with E-state index in [0.29, 0.717) is 28.9 Å². The summed E-state index contributed by atoms with van der Waals surface area (Å²) in [4.78, 5) is 23.7. The predicted molar refractivity (Wildman–Crippen MR) is 79.1 cm³/mol. The summed E-state index contributed by atoms with van der Waals surface area (Å²) in [6.07, 6.45) is 0.661. The molecule has 0 fully saturated rings. The summed E-state index contributed by atoms with van der Waals surface area (Å²) in [5.41, 5.74) is 1.12. The highest BCUT2D eigenvalue weighted by Gasteiger charge is 2.21. The van der Waals surface area contributed by atoms with Gasteiger partial charge in [-0.2, -0.15) is 0 Å². The number of benzene rings is 2. The topological polar surface area (TPSA) is 52.6 Å². The minimum absolute atomic E-state index is 0.238. The number of carbonyl (C=O) groups excluding carboxylic acids is 2. The van der Waals surface area contributed by atoms with E-state index in [0.717, 1.165) is 0 Å². The second-order valence-corrected chi connectivity index (χ2v) is 4.48. The van der Waals surface area contributed by atoms with E-state index in [1.54, 1.807) is 62.8 Å². The Bertz CT molecular complexity index is 614. The number of rotatable bonds is 6. The van der Waals surface area contributed by atoms with Crippen LogP contribution in [0.2, 0.25) is 0 Å². The van der Waals surface area contributed by atoms with Crippen molar-refractivity contribution in [2.45, 2.75) is 5.92 Å². The first kappa shape index (κ1) is 14.8. The SMILES string of the molecule is COc1ccc(C(=O)C(C=O)c2ccc(OC)cc2)cc1. The van der Waals surface area contributed by atoms with Crippen LogP contribution in [-0.2, 0) is 4.79 Å². The number of Topliss-reactive ketones (excluding diaryl/α,β-unsaturated/α-hetero) is 1. The van der Waals surface area contributed by atoms with Crippen molar-refractivity contribution < 1.29 is 19.1 Å². The van der Waals surface area contributed by atoms with Gasteiger partial charge in [-0.05, 0) is 42.0 Å². The first-order valence-electron chi connectivity index (χ1n) is 6.47.